The van der Waals surface area contributed by atoms with Gasteiger partial charge in [-0.1, -0.05) is 257 Å². The number of hydrogen-bond acceptors (Lipinski definition) is 0. The van der Waals surface area contributed by atoms with E-state index in [9.17, 15) is 0 Å². The van der Waals surface area contributed by atoms with Crippen LogP contribution in [0.4, 0.5) is 0 Å². The van der Waals surface area contributed by atoms with E-state index in [1.807, 2.05) is 0 Å². The molecule has 3 heteroatoms. The van der Waals surface area contributed by atoms with Crippen molar-refractivity contribution in [2.24, 2.45) is 0 Å². The van der Waals surface area contributed by atoms with Crippen LogP contribution in [0.15, 0.2) is 158 Å². The van der Waals surface area contributed by atoms with Gasteiger partial charge in [0, 0.05) is 0 Å². The third-order valence-corrected chi connectivity index (χ3v) is 18.7. The van der Waals surface area contributed by atoms with Crippen molar-refractivity contribution in [2.75, 3.05) is 0 Å². The first-order valence-electron chi connectivity index (χ1n) is 22.8. The normalized spacial score (nSPS) is 11.5. The molecule has 0 nitrogen and oxygen atoms in total. The van der Waals surface area contributed by atoms with Gasteiger partial charge in [0.05, 0.1) is 0 Å². The molecule has 0 aromatic heterocycles. The van der Waals surface area contributed by atoms with Crippen LogP contribution >= 0.6 is 0 Å². The van der Waals surface area contributed by atoms with E-state index >= 15 is 0 Å². The lowest BCUT2D eigenvalue weighted by Crippen LogP contribution is -2.75. The zero-order valence-corrected chi connectivity index (χ0v) is 40.7. The highest BCUT2D eigenvalue weighted by molar-refractivity contribution is 7.20. The summed E-state index contributed by atoms with van der Waals surface area (Å²) in [6, 6.07) is 61.4. The minimum absolute atomic E-state index is 0.114. The Bertz CT molecular complexity index is 2530. The summed E-state index contributed by atoms with van der Waals surface area (Å²) in [7, 11) is -2.85. The second kappa shape index (κ2) is 17.7. The first kappa shape index (κ1) is 43.7. The standard InChI is InChI=1S/C60H62B2Si/c1-39-31-43(5)57(44(6)32-39)61(58-45(7)33-40(2)34-46(58)8)51-23-27-55(28-24-51)63(53-19-15-13-16-20-53,54-21-17-14-18-22-54)56-29-25-52(26-30-56)62(59-47(9)35-41(3)36-48(59)10)60-49(11)37-42(4)38-50(60)12/h13-38H,1-12H3. The van der Waals surface area contributed by atoms with Crippen molar-refractivity contribution in [1.82, 2.24) is 0 Å². The van der Waals surface area contributed by atoms with E-state index in [0.717, 1.165) is 0 Å². The molecule has 8 aromatic carbocycles. The number of benzene rings is 8. The Hall–Kier alpha value is -5.89. The first-order valence-corrected chi connectivity index (χ1v) is 24.8. The highest BCUT2D eigenvalue weighted by Gasteiger charge is 2.42. The summed E-state index contributed by atoms with van der Waals surface area (Å²) >= 11 is 0. The van der Waals surface area contributed by atoms with Crippen molar-refractivity contribution in [3.05, 3.63) is 224 Å². The van der Waals surface area contributed by atoms with Crippen molar-refractivity contribution in [3.8, 4) is 0 Å². The Morgan fingerprint density at radius 1 is 0.254 bits per heavy atom. The molecule has 0 aliphatic rings. The fraction of sp³-hybridized carbons (Fsp3) is 0.200. The maximum Gasteiger partial charge on any atom is 0.242 e. The maximum absolute atomic E-state index is 2.85. The van der Waals surface area contributed by atoms with Gasteiger partial charge in [-0.2, -0.15) is 0 Å². The van der Waals surface area contributed by atoms with E-state index in [1.165, 1.54) is 120 Å². The average molecular weight is 833 g/mol. The van der Waals surface area contributed by atoms with Crippen molar-refractivity contribution in [3.63, 3.8) is 0 Å². The molecule has 312 valence electrons. The smallest absolute Gasteiger partial charge is 0.0686 e. The van der Waals surface area contributed by atoms with Crippen LogP contribution in [0.3, 0.4) is 0 Å². The largest absolute Gasteiger partial charge is 0.242 e. The van der Waals surface area contributed by atoms with E-state index in [-0.39, 0.29) is 13.4 Å². The Morgan fingerprint density at radius 2 is 0.460 bits per heavy atom. The monoisotopic (exact) mass is 832 g/mol. The molecular weight excluding hydrogens is 770 g/mol. The topological polar surface area (TPSA) is 0 Å². The second-order valence-electron chi connectivity index (χ2n) is 18.8. The molecule has 0 saturated heterocycles. The van der Waals surface area contributed by atoms with Crippen LogP contribution in [0.2, 0.25) is 0 Å². The summed E-state index contributed by atoms with van der Waals surface area (Å²) in [5.41, 5.74) is 24.4. The van der Waals surface area contributed by atoms with Crippen LogP contribution in [0.25, 0.3) is 0 Å². The Labute approximate surface area is 380 Å². The lowest BCUT2D eigenvalue weighted by Gasteiger charge is -2.35. The molecule has 8 aromatic rings. The molecule has 63 heavy (non-hydrogen) atoms. The summed E-state index contributed by atoms with van der Waals surface area (Å²) in [4.78, 5) is 0. The van der Waals surface area contributed by atoms with Gasteiger partial charge in [-0.25, -0.2) is 0 Å². The van der Waals surface area contributed by atoms with Crippen molar-refractivity contribution in [1.29, 1.82) is 0 Å². The molecule has 0 N–H and O–H groups in total. The summed E-state index contributed by atoms with van der Waals surface area (Å²) in [6.07, 6.45) is 0. The summed E-state index contributed by atoms with van der Waals surface area (Å²) in [5, 5.41) is 5.54. The highest BCUT2D eigenvalue weighted by Crippen LogP contribution is 2.17. The molecule has 0 amide bonds. The minimum Gasteiger partial charge on any atom is -0.0686 e. The molecule has 0 atom stereocenters. The Balaban J connectivity index is 1.36. The van der Waals surface area contributed by atoms with Crippen LogP contribution < -0.4 is 53.5 Å². The van der Waals surface area contributed by atoms with E-state index in [0.29, 0.717) is 0 Å². The Morgan fingerprint density at radius 3 is 0.683 bits per heavy atom. The van der Waals surface area contributed by atoms with Gasteiger partial charge in [0.2, 0.25) is 13.4 Å². The van der Waals surface area contributed by atoms with Crippen molar-refractivity contribution < 1.29 is 0 Å². The molecule has 0 spiro atoms. The van der Waals surface area contributed by atoms with Gasteiger partial charge < -0.3 is 0 Å². The molecular formula is C60H62B2Si. The average Bonchev–Trinajstić information content (AvgIpc) is 3.23. The first-order chi connectivity index (χ1) is 30.2. The molecule has 0 aliphatic heterocycles. The van der Waals surface area contributed by atoms with Gasteiger partial charge in [0.25, 0.3) is 0 Å². The highest BCUT2D eigenvalue weighted by atomic mass is 28.3. The fourth-order valence-corrected chi connectivity index (χ4v) is 16.5. The number of aryl methyl sites for hydroxylation is 12. The fourth-order valence-electron chi connectivity index (χ4n) is 11.8. The Kier molecular flexibility index (Phi) is 12.3. The van der Waals surface area contributed by atoms with Crippen molar-refractivity contribution >= 4 is 75.0 Å². The van der Waals surface area contributed by atoms with Gasteiger partial charge in [0.15, 0.2) is 8.07 Å². The molecule has 0 aliphatic carbocycles. The van der Waals surface area contributed by atoms with Gasteiger partial charge in [-0.15, -0.1) is 0 Å². The SMILES string of the molecule is Cc1cc(C)c(B(c2ccc([Si](c3ccccc3)(c3ccccc3)c3ccc(B(c4c(C)cc(C)cc4C)c4c(C)cc(C)cc4C)cc3)cc2)c2c(C)cc(C)cc2C)c(C)c1. The quantitative estimate of drug-likeness (QED) is 0.0976. The number of rotatable bonds is 10. The van der Waals surface area contributed by atoms with Crippen LogP contribution in [0, 0.1) is 83.1 Å². The van der Waals surface area contributed by atoms with E-state index in [1.54, 1.807) is 0 Å². The summed E-state index contributed by atoms with van der Waals surface area (Å²) in [6.45, 7) is 27.5. The van der Waals surface area contributed by atoms with E-state index < -0.39 is 8.07 Å². The molecule has 0 unspecified atom stereocenters. The van der Waals surface area contributed by atoms with Crippen LogP contribution in [0.1, 0.15) is 66.8 Å². The third-order valence-electron chi connectivity index (χ3n) is 13.9. The molecule has 8 rings (SSSR count). The van der Waals surface area contributed by atoms with Crippen LogP contribution in [-0.4, -0.2) is 21.5 Å². The van der Waals surface area contributed by atoms with Gasteiger partial charge in [-0.3, -0.25) is 0 Å². The lowest BCUT2D eigenvalue weighted by molar-refractivity contribution is 1.34. The summed E-state index contributed by atoms with van der Waals surface area (Å²) in [5.74, 6) is 0. The zero-order chi connectivity index (χ0) is 44.7. The van der Waals surface area contributed by atoms with E-state index in [2.05, 4.69) is 241 Å². The zero-order valence-electron chi connectivity index (χ0n) is 39.7. The predicted molar refractivity (Wildman–Crippen MR) is 282 cm³/mol. The molecule has 0 radical (unpaired) electrons. The van der Waals surface area contributed by atoms with E-state index in [4.69, 9.17) is 0 Å². The minimum atomic E-state index is -2.85. The van der Waals surface area contributed by atoms with Crippen LogP contribution in [0.5, 0.6) is 0 Å². The van der Waals surface area contributed by atoms with Crippen LogP contribution in [-0.2, 0) is 0 Å². The predicted octanol–water partition coefficient (Wildman–Crippen LogP) is 7.80. The van der Waals surface area contributed by atoms with Gasteiger partial charge >= 0.3 is 0 Å². The third kappa shape index (κ3) is 8.13. The van der Waals surface area contributed by atoms with Gasteiger partial charge in [0.1, 0.15) is 0 Å². The molecule has 0 heterocycles. The molecule has 0 bridgehead atoms. The van der Waals surface area contributed by atoms with Gasteiger partial charge in [-0.05, 0) is 104 Å². The number of hydrogen-bond donors (Lipinski definition) is 0. The lowest BCUT2D eigenvalue weighted by atomic mass is 9.34. The molecule has 0 saturated carbocycles. The summed E-state index contributed by atoms with van der Waals surface area (Å²) < 4.78 is 0. The second-order valence-corrected chi connectivity index (χ2v) is 22.7. The molecule has 0 fully saturated rings. The maximum atomic E-state index is 2.49. The van der Waals surface area contributed by atoms with Crippen molar-refractivity contribution in [2.45, 2.75) is 83.1 Å².